The first-order valence-corrected chi connectivity index (χ1v) is 5.51. The lowest BCUT2D eigenvalue weighted by molar-refractivity contribution is -0.105. The zero-order valence-corrected chi connectivity index (χ0v) is 10.7. The van der Waals surface area contributed by atoms with E-state index in [4.69, 9.17) is 9.47 Å². The van der Waals surface area contributed by atoms with Crippen molar-refractivity contribution in [2.24, 2.45) is 5.92 Å². The molecule has 0 aromatic heterocycles. The van der Waals surface area contributed by atoms with E-state index in [9.17, 15) is 4.79 Å². The molecule has 0 unspecified atom stereocenters. The second-order valence-electron chi connectivity index (χ2n) is 4.02. The Morgan fingerprint density at radius 1 is 1.24 bits per heavy atom. The summed E-state index contributed by atoms with van der Waals surface area (Å²) >= 11 is 0. The molecule has 0 saturated carbocycles. The van der Waals surface area contributed by atoms with Gasteiger partial charge < -0.3 is 9.47 Å². The molecule has 0 bridgehead atoms. The Morgan fingerprint density at radius 3 is 2.41 bits per heavy atom. The smallest absolute Gasteiger partial charge is 0.146 e. The van der Waals surface area contributed by atoms with Crippen molar-refractivity contribution in [2.45, 2.75) is 13.8 Å². The summed E-state index contributed by atoms with van der Waals surface area (Å²) in [7, 11) is 3.22. The zero-order valence-electron chi connectivity index (χ0n) is 10.7. The van der Waals surface area contributed by atoms with Crippen molar-refractivity contribution in [2.75, 3.05) is 14.2 Å². The molecule has 0 amide bonds. The van der Waals surface area contributed by atoms with E-state index in [1.807, 2.05) is 38.1 Å². The number of carbonyl (C=O) groups is 1. The average molecular weight is 234 g/mol. The Kier molecular flexibility index (Phi) is 4.76. The van der Waals surface area contributed by atoms with Gasteiger partial charge in [0.25, 0.3) is 0 Å². The van der Waals surface area contributed by atoms with Crippen molar-refractivity contribution < 1.29 is 14.3 Å². The van der Waals surface area contributed by atoms with E-state index in [0.717, 1.165) is 28.9 Å². The Balaban J connectivity index is 3.22. The number of benzene rings is 1. The number of allylic oxidation sites excluding steroid dienone is 1. The third-order valence-electron chi connectivity index (χ3n) is 2.56. The van der Waals surface area contributed by atoms with E-state index >= 15 is 0 Å². The molecule has 0 atom stereocenters. The highest BCUT2D eigenvalue weighted by atomic mass is 16.5. The first kappa shape index (κ1) is 13.3. The minimum absolute atomic E-state index is 0.184. The highest BCUT2D eigenvalue weighted by molar-refractivity contribution is 5.83. The van der Waals surface area contributed by atoms with Crippen LogP contribution < -0.4 is 9.47 Å². The molecular formula is C14H18O3. The van der Waals surface area contributed by atoms with Crippen molar-refractivity contribution in [1.82, 2.24) is 0 Å². The maximum absolute atomic E-state index is 11.0. The summed E-state index contributed by atoms with van der Waals surface area (Å²) < 4.78 is 10.4. The van der Waals surface area contributed by atoms with Gasteiger partial charge in [0, 0.05) is 5.56 Å². The lowest BCUT2D eigenvalue weighted by Crippen LogP contribution is -1.96. The van der Waals surface area contributed by atoms with E-state index in [1.54, 1.807) is 14.2 Å². The lowest BCUT2D eigenvalue weighted by atomic mass is 10.0. The Hall–Kier alpha value is -1.77. The minimum atomic E-state index is 0.184. The van der Waals surface area contributed by atoms with Gasteiger partial charge in [0.2, 0.25) is 0 Å². The predicted octanol–water partition coefficient (Wildman–Crippen LogP) is 2.94. The van der Waals surface area contributed by atoms with Gasteiger partial charge in [-0.3, -0.25) is 4.79 Å². The van der Waals surface area contributed by atoms with Gasteiger partial charge in [-0.25, -0.2) is 0 Å². The second-order valence-corrected chi connectivity index (χ2v) is 4.02. The molecule has 0 aliphatic carbocycles. The Bertz CT molecular complexity index is 419. The molecule has 0 heterocycles. The Labute approximate surface area is 102 Å². The van der Waals surface area contributed by atoms with Crippen LogP contribution in [0.1, 0.15) is 19.4 Å². The van der Waals surface area contributed by atoms with E-state index in [2.05, 4.69) is 0 Å². The molecule has 0 saturated heterocycles. The summed E-state index contributed by atoms with van der Waals surface area (Å²) in [5, 5.41) is 0. The molecule has 0 aliphatic heterocycles. The highest BCUT2D eigenvalue weighted by Gasteiger charge is 2.06. The predicted molar refractivity (Wildman–Crippen MR) is 68.4 cm³/mol. The molecule has 3 heteroatoms. The van der Waals surface area contributed by atoms with Gasteiger partial charge in [0.15, 0.2) is 0 Å². The van der Waals surface area contributed by atoms with Gasteiger partial charge in [-0.05, 0) is 35.8 Å². The van der Waals surface area contributed by atoms with Crippen LogP contribution in [0.5, 0.6) is 11.5 Å². The van der Waals surface area contributed by atoms with Crippen LogP contribution in [0, 0.1) is 5.92 Å². The summed E-state index contributed by atoms with van der Waals surface area (Å²) in [5.74, 6) is 1.65. The molecule has 0 radical (unpaired) electrons. The number of rotatable bonds is 5. The van der Waals surface area contributed by atoms with E-state index in [0.29, 0.717) is 0 Å². The van der Waals surface area contributed by atoms with Crippen LogP contribution in [0.3, 0.4) is 0 Å². The number of carbonyl (C=O) groups excluding carboxylic acids is 1. The maximum Gasteiger partial charge on any atom is 0.146 e. The third kappa shape index (κ3) is 3.34. The zero-order chi connectivity index (χ0) is 12.8. The SMILES string of the molecule is COc1ccc(OC)c(C=C(C=O)C(C)C)c1. The van der Waals surface area contributed by atoms with Crippen LogP contribution in [0.15, 0.2) is 23.8 Å². The van der Waals surface area contributed by atoms with Gasteiger partial charge in [-0.15, -0.1) is 0 Å². The molecule has 92 valence electrons. The van der Waals surface area contributed by atoms with Crippen LogP contribution in [-0.2, 0) is 4.79 Å². The van der Waals surface area contributed by atoms with Gasteiger partial charge >= 0.3 is 0 Å². The summed E-state index contributed by atoms with van der Waals surface area (Å²) in [6.45, 7) is 3.96. The van der Waals surface area contributed by atoms with Crippen LogP contribution in [0.4, 0.5) is 0 Å². The summed E-state index contributed by atoms with van der Waals surface area (Å²) in [6.07, 6.45) is 2.71. The summed E-state index contributed by atoms with van der Waals surface area (Å²) in [6, 6.07) is 5.50. The fraction of sp³-hybridized carbons (Fsp3) is 0.357. The minimum Gasteiger partial charge on any atom is -0.497 e. The maximum atomic E-state index is 11.0. The number of hydrogen-bond donors (Lipinski definition) is 0. The molecule has 17 heavy (non-hydrogen) atoms. The molecule has 0 fully saturated rings. The fourth-order valence-corrected chi connectivity index (χ4v) is 1.47. The van der Waals surface area contributed by atoms with Crippen LogP contribution in [-0.4, -0.2) is 20.5 Å². The normalized spacial score (nSPS) is 11.5. The van der Waals surface area contributed by atoms with Crippen molar-refractivity contribution in [3.63, 3.8) is 0 Å². The first-order chi connectivity index (χ1) is 8.12. The van der Waals surface area contributed by atoms with Crippen LogP contribution in [0.25, 0.3) is 6.08 Å². The number of methoxy groups -OCH3 is 2. The molecular weight excluding hydrogens is 216 g/mol. The van der Waals surface area contributed by atoms with Gasteiger partial charge in [-0.2, -0.15) is 0 Å². The van der Waals surface area contributed by atoms with E-state index in [-0.39, 0.29) is 5.92 Å². The molecule has 0 aliphatic rings. The van der Waals surface area contributed by atoms with Crippen molar-refractivity contribution in [1.29, 1.82) is 0 Å². The van der Waals surface area contributed by atoms with Crippen LogP contribution in [0.2, 0.25) is 0 Å². The van der Waals surface area contributed by atoms with Crippen molar-refractivity contribution in [3.05, 3.63) is 29.3 Å². The number of aldehydes is 1. The summed E-state index contributed by atoms with van der Waals surface area (Å²) in [5.41, 5.74) is 1.58. The quantitative estimate of drug-likeness (QED) is 0.580. The van der Waals surface area contributed by atoms with Gasteiger partial charge in [0.05, 0.1) is 14.2 Å². The first-order valence-electron chi connectivity index (χ1n) is 5.51. The molecule has 0 spiro atoms. The molecule has 1 aromatic rings. The number of ether oxygens (including phenoxy) is 2. The van der Waals surface area contributed by atoms with Gasteiger partial charge in [-0.1, -0.05) is 13.8 Å². The highest BCUT2D eigenvalue weighted by Crippen LogP contribution is 2.27. The molecule has 0 N–H and O–H groups in total. The van der Waals surface area contributed by atoms with Crippen molar-refractivity contribution in [3.8, 4) is 11.5 Å². The van der Waals surface area contributed by atoms with E-state index in [1.165, 1.54) is 0 Å². The van der Waals surface area contributed by atoms with E-state index < -0.39 is 0 Å². The Morgan fingerprint density at radius 2 is 1.94 bits per heavy atom. The standard InChI is InChI=1S/C14H18O3/c1-10(2)12(9-15)7-11-8-13(16-3)5-6-14(11)17-4/h5-10H,1-4H3. The number of hydrogen-bond acceptors (Lipinski definition) is 3. The average Bonchev–Trinajstić information content (AvgIpc) is 2.35. The van der Waals surface area contributed by atoms with Crippen molar-refractivity contribution >= 4 is 12.4 Å². The second kappa shape index (κ2) is 6.09. The largest absolute Gasteiger partial charge is 0.497 e. The molecule has 1 rings (SSSR count). The monoisotopic (exact) mass is 234 g/mol. The van der Waals surface area contributed by atoms with Gasteiger partial charge in [0.1, 0.15) is 17.8 Å². The third-order valence-corrected chi connectivity index (χ3v) is 2.56. The summed E-state index contributed by atoms with van der Waals surface area (Å²) in [4.78, 5) is 11.0. The topological polar surface area (TPSA) is 35.5 Å². The molecule has 3 nitrogen and oxygen atoms in total. The fourth-order valence-electron chi connectivity index (χ4n) is 1.47. The molecule has 1 aromatic carbocycles. The van der Waals surface area contributed by atoms with Crippen LogP contribution >= 0.6 is 0 Å². The lowest BCUT2D eigenvalue weighted by Gasteiger charge is -2.09.